The van der Waals surface area contributed by atoms with Crippen LogP contribution < -0.4 is 5.73 Å². The van der Waals surface area contributed by atoms with E-state index in [4.69, 9.17) is 19.9 Å². The molecule has 2 fully saturated rings. The third-order valence-electron chi connectivity index (χ3n) is 5.20. The Balaban J connectivity index is 1.98. The first-order valence-corrected chi connectivity index (χ1v) is 8.84. The molecule has 0 aliphatic carbocycles. The molecule has 12 nitrogen and oxygen atoms in total. The number of hydrogen-bond donors (Lipinski definition) is 9. The van der Waals surface area contributed by atoms with Gasteiger partial charge in [0.1, 0.15) is 42.2 Å². The van der Waals surface area contributed by atoms with E-state index >= 15 is 0 Å². The summed E-state index contributed by atoms with van der Waals surface area (Å²) in [5.74, 6) is 0. The monoisotopic (exact) mass is 419 g/mol. The highest BCUT2D eigenvalue weighted by Gasteiger charge is 2.57. The first-order chi connectivity index (χ1) is 13.6. The molecule has 0 aromatic heterocycles. The SMILES string of the molecule is Nc1ccc([C@]2(CO)O[C@@H](O)[C@H](O)[C@H](O)[C@@H]2O[C@@H]2O[C@H](O)[C@@H](O)[C@H](O)[C@H]2O)cc1. The molecule has 2 heterocycles. The summed E-state index contributed by atoms with van der Waals surface area (Å²) < 4.78 is 15.9. The van der Waals surface area contributed by atoms with Gasteiger partial charge in [-0.3, -0.25) is 0 Å². The number of aliphatic hydroxyl groups excluding tert-OH is 8. The number of benzene rings is 1. The Hall–Kier alpha value is -1.42. The summed E-state index contributed by atoms with van der Waals surface area (Å²) in [6.07, 6.45) is -16.5. The molecule has 0 unspecified atom stereocenters. The van der Waals surface area contributed by atoms with Crippen molar-refractivity contribution >= 4 is 5.69 Å². The van der Waals surface area contributed by atoms with Gasteiger partial charge in [-0.05, 0) is 17.7 Å². The molecule has 29 heavy (non-hydrogen) atoms. The van der Waals surface area contributed by atoms with Gasteiger partial charge in [0.15, 0.2) is 18.9 Å². The van der Waals surface area contributed by atoms with Crippen LogP contribution in [0.25, 0.3) is 0 Å². The van der Waals surface area contributed by atoms with E-state index in [0.29, 0.717) is 5.69 Å². The molecule has 0 amide bonds. The van der Waals surface area contributed by atoms with Gasteiger partial charge < -0.3 is 60.8 Å². The Labute approximate surface area is 164 Å². The van der Waals surface area contributed by atoms with E-state index in [9.17, 15) is 40.9 Å². The van der Waals surface area contributed by atoms with Gasteiger partial charge in [-0.25, -0.2) is 0 Å². The average molecular weight is 419 g/mol. The number of nitrogens with two attached hydrogens (primary N) is 1. The van der Waals surface area contributed by atoms with Gasteiger partial charge in [0, 0.05) is 5.69 Å². The van der Waals surface area contributed by atoms with Crippen molar-refractivity contribution in [2.75, 3.05) is 12.3 Å². The molecule has 3 rings (SSSR count). The summed E-state index contributed by atoms with van der Waals surface area (Å²) in [5, 5.41) is 79.9. The lowest BCUT2D eigenvalue weighted by atomic mass is 9.81. The van der Waals surface area contributed by atoms with Crippen LogP contribution in [0.4, 0.5) is 5.69 Å². The standard InChI is InChI=1S/C17H25NO11/c18-7-3-1-6(2-4-7)17(5-19)13(9(21)11(23)15(26)29-17)27-16-12(24)8(20)10(22)14(25)28-16/h1-4,8-16,19-26H,5,18H2/t8-,9-,10-,11+,12+,13-,14-,15+,16+,17-/m0/s1. The number of ether oxygens (including phenoxy) is 3. The van der Waals surface area contributed by atoms with Gasteiger partial charge in [-0.2, -0.15) is 0 Å². The molecule has 1 aromatic carbocycles. The zero-order valence-electron chi connectivity index (χ0n) is 15.1. The lowest BCUT2D eigenvalue weighted by molar-refractivity contribution is -0.395. The van der Waals surface area contributed by atoms with Crippen LogP contribution in [-0.2, 0) is 19.8 Å². The van der Waals surface area contributed by atoms with Crippen molar-refractivity contribution in [3.05, 3.63) is 29.8 Å². The minimum absolute atomic E-state index is 0.204. The molecule has 2 aliphatic heterocycles. The van der Waals surface area contributed by atoms with Gasteiger partial charge >= 0.3 is 0 Å². The van der Waals surface area contributed by atoms with Gasteiger partial charge in [0.25, 0.3) is 0 Å². The van der Waals surface area contributed by atoms with Crippen LogP contribution in [0, 0.1) is 0 Å². The van der Waals surface area contributed by atoms with E-state index in [0.717, 1.165) is 0 Å². The fraction of sp³-hybridized carbons (Fsp3) is 0.647. The first-order valence-electron chi connectivity index (χ1n) is 8.84. The maximum Gasteiger partial charge on any atom is 0.189 e. The maximum absolute atomic E-state index is 10.5. The zero-order chi connectivity index (χ0) is 21.5. The van der Waals surface area contributed by atoms with E-state index in [1.165, 1.54) is 24.3 Å². The Bertz CT molecular complexity index is 690. The lowest BCUT2D eigenvalue weighted by Gasteiger charge is -2.50. The normalized spacial score (nSPS) is 45.9. The molecule has 10 N–H and O–H groups in total. The highest BCUT2D eigenvalue weighted by atomic mass is 16.8. The van der Waals surface area contributed by atoms with Crippen molar-refractivity contribution in [1.82, 2.24) is 0 Å². The van der Waals surface area contributed by atoms with E-state index in [1.54, 1.807) is 0 Å². The Morgan fingerprint density at radius 3 is 2.00 bits per heavy atom. The van der Waals surface area contributed by atoms with Gasteiger partial charge in [0.2, 0.25) is 0 Å². The predicted molar refractivity (Wildman–Crippen MR) is 92.5 cm³/mol. The number of hydrogen-bond acceptors (Lipinski definition) is 12. The van der Waals surface area contributed by atoms with Crippen molar-refractivity contribution in [3.8, 4) is 0 Å². The number of nitrogen functional groups attached to an aromatic ring is 1. The van der Waals surface area contributed by atoms with Crippen LogP contribution in [0.15, 0.2) is 24.3 Å². The topological polar surface area (TPSA) is 216 Å². The van der Waals surface area contributed by atoms with E-state index in [2.05, 4.69) is 0 Å². The minimum Gasteiger partial charge on any atom is -0.399 e. The summed E-state index contributed by atoms with van der Waals surface area (Å²) in [6, 6.07) is 5.80. The molecule has 0 bridgehead atoms. The molecule has 10 atom stereocenters. The fourth-order valence-corrected chi connectivity index (χ4v) is 3.47. The minimum atomic E-state index is -1.94. The number of rotatable bonds is 4. The van der Waals surface area contributed by atoms with Crippen LogP contribution in [0.3, 0.4) is 0 Å². The van der Waals surface area contributed by atoms with Gasteiger partial charge in [-0.15, -0.1) is 0 Å². The van der Waals surface area contributed by atoms with Gasteiger partial charge in [-0.1, -0.05) is 12.1 Å². The lowest BCUT2D eigenvalue weighted by Crippen LogP contribution is -2.67. The zero-order valence-corrected chi connectivity index (χ0v) is 15.1. The Morgan fingerprint density at radius 1 is 0.828 bits per heavy atom. The fourth-order valence-electron chi connectivity index (χ4n) is 3.47. The van der Waals surface area contributed by atoms with Gasteiger partial charge in [0.05, 0.1) is 6.61 Å². The quantitative estimate of drug-likeness (QED) is 0.212. The van der Waals surface area contributed by atoms with Crippen molar-refractivity contribution in [1.29, 1.82) is 0 Å². The van der Waals surface area contributed by atoms with Crippen LogP contribution >= 0.6 is 0 Å². The third kappa shape index (κ3) is 3.85. The largest absolute Gasteiger partial charge is 0.399 e. The molecule has 2 aliphatic rings. The predicted octanol–water partition coefficient (Wildman–Crippen LogP) is -4.33. The summed E-state index contributed by atoms with van der Waals surface area (Å²) >= 11 is 0. The van der Waals surface area contributed by atoms with Crippen LogP contribution in [0.2, 0.25) is 0 Å². The molecule has 0 radical (unpaired) electrons. The molecule has 0 saturated carbocycles. The highest BCUT2D eigenvalue weighted by Crippen LogP contribution is 2.41. The molecular weight excluding hydrogens is 394 g/mol. The summed E-state index contributed by atoms with van der Waals surface area (Å²) in [7, 11) is 0. The molecule has 12 heteroatoms. The second-order valence-corrected chi connectivity index (χ2v) is 7.08. The first kappa shape index (κ1) is 22.3. The summed E-state index contributed by atoms with van der Waals surface area (Å²) in [4.78, 5) is 0. The maximum atomic E-state index is 10.5. The molecule has 0 spiro atoms. The van der Waals surface area contributed by atoms with E-state index in [1.807, 2.05) is 0 Å². The van der Waals surface area contributed by atoms with Crippen LogP contribution in [-0.4, -0.2) is 103 Å². The second-order valence-electron chi connectivity index (χ2n) is 7.08. The molecule has 2 saturated heterocycles. The van der Waals surface area contributed by atoms with Crippen molar-refractivity contribution < 1.29 is 55.1 Å². The molecule has 164 valence electrons. The van der Waals surface area contributed by atoms with Crippen molar-refractivity contribution in [2.24, 2.45) is 0 Å². The van der Waals surface area contributed by atoms with Crippen LogP contribution in [0.1, 0.15) is 5.56 Å². The molecular formula is C17H25NO11. The van der Waals surface area contributed by atoms with E-state index in [-0.39, 0.29) is 5.56 Å². The highest BCUT2D eigenvalue weighted by molar-refractivity contribution is 5.41. The third-order valence-corrected chi connectivity index (χ3v) is 5.20. The second kappa shape index (κ2) is 8.37. The average Bonchev–Trinajstić information content (AvgIpc) is 2.71. The van der Waals surface area contributed by atoms with Crippen molar-refractivity contribution in [3.63, 3.8) is 0 Å². The smallest absolute Gasteiger partial charge is 0.189 e. The number of aliphatic hydroxyl groups is 8. The summed E-state index contributed by atoms with van der Waals surface area (Å²) in [5.41, 5.74) is 4.30. The summed E-state index contributed by atoms with van der Waals surface area (Å²) in [6.45, 7) is -0.848. The van der Waals surface area contributed by atoms with E-state index < -0.39 is 67.7 Å². The Kier molecular flexibility index (Phi) is 6.43. The van der Waals surface area contributed by atoms with Crippen LogP contribution in [0.5, 0.6) is 0 Å². The number of anilines is 1. The van der Waals surface area contributed by atoms with Crippen molar-refractivity contribution in [2.45, 2.75) is 61.1 Å². The molecule has 1 aromatic rings. The Morgan fingerprint density at radius 2 is 1.41 bits per heavy atom.